The first-order valence-corrected chi connectivity index (χ1v) is 6.61. The molecule has 108 valence electrons. The van der Waals surface area contributed by atoms with Crippen molar-refractivity contribution in [2.75, 3.05) is 6.54 Å². The molecule has 0 bridgehead atoms. The van der Waals surface area contributed by atoms with Crippen LogP contribution in [0.15, 0.2) is 22.7 Å². The van der Waals surface area contributed by atoms with Crippen LogP contribution in [0, 0.1) is 18.6 Å². The molecule has 1 N–H and O–H groups in total. The van der Waals surface area contributed by atoms with Crippen LogP contribution in [0.25, 0.3) is 11.3 Å². The van der Waals surface area contributed by atoms with Gasteiger partial charge in [-0.3, -0.25) is 0 Å². The molecule has 0 aliphatic carbocycles. The van der Waals surface area contributed by atoms with Gasteiger partial charge in [-0.05, 0) is 18.6 Å². The van der Waals surface area contributed by atoms with E-state index >= 15 is 0 Å². The zero-order chi connectivity index (χ0) is 14.7. The molecule has 0 aliphatic heterocycles. The summed E-state index contributed by atoms with van der Waals surface area (Å²) in [6.45, 7) is 6.43. The average molecular weight is 280 g/mol. The number of rotatable bonds is 5. The van der Waals surface area contributed by atoms with Gasteiger partial charge in [-0.15, -0.1) is 0 Å². The Morgan fingerprint density at radius 3 is 2.70 bits per heavy atom. The summed E-state index contributed by atoms with van der Waals surface area (Å²) < 4.78 is 32.5. The molecule has 0 saturated heterocycles. The van der Waals surface area contributed by atoms with Crippen LogP contribution in [0.2, 0.25) is 0 Å². The fourth-order valence-corrected chi connectivity index (χ4v) is 1.86. The van der Waals surface area contributed by atoms with E-state index in [0.717, 1.165) is 12.6 Å². The summed E-state index contributed by atoms with van der Waals surface area (Å²) in [6.07, 6.45) is 2.10. The van der Waals surface area contributed by atoms with Gasteiger partial charge in [0.15, 0.2) is 11.7 Å². The van der Waals surface area contributed by atoms with Crippen molar-refractivity contribution in [2.45, 2.75) is 33.2 Å². The normalized spacial score (nSPS) is 11.3. The largest absolute Gasteiger partial charge is 0.441 e. The lowest BCUT2D eigenvalue weighted by molar-refractivity contribution is 0.481. The molecule has 0 saturated carbocycles. The van der Waals surface area contributed by atoms with Gasteiger partial charge in [0.2, 0.25) is 0 Å². The van der Waals surface area contributed by atoms with Gasteiger partial charge in [0.1, 0.15) is 11.6 Å². The molecule has 1 heterocycles. The van der Waals surface area contributed by atoms with E-state index in [1.54, 1.807) is 6.92 Å². The molecule has 3 nitrogen and oxygen atoms in total. The number of benzene rings is 1. The summed E-state index contributed by atoms with van der Waals surface area (Å²) >= 11 is 0. The Kier molecular flexibility index (Phi) is 4.49. The van der Waals surface area contributed by atoms with Crippen LogP contribution in [0.1, 0.15) is 25.3 Å². The first-order valence-electron chi connectivity index (χ1n) is 6.61. The van der Waals surface area contributed by atoms with Crippen molar-refractivity contribution >= 4 is 0 Å². The zero-order valence-corrected chi connectivity index (χ0v) is 11.8. The van der Waals surface area contributed by atoms with Gasteiger partial charge in [0.05, 0.1) is 11.8 Å². The van der Waals surface area contributed by atoms with E-state index < -0.39 is 11.6 Å². The van der Waals surface area contributed by atoms with Crippen LogP contribution in [0.5, 0.6) is 0 Å². The molecule has 1 aromatic carbocycles. The SMILES string of the molecule is Cc1cc(-c2cnc(CCNC(C)C)o2)c(F)cc1F. The molecule has 0 fully saturated rings. The highest BCUT2D eigenvalue weighted by Gasteiger charge is 2.13. The molecule has 1 aromatic heterocycles. The molecule has 2 rings (SSSR count). The summed E-state index contributed by atoms with van der Waals surface area (Å²) in [5.74, 6) is -0.345. The Hall–Kier alpha value is -1.75. The second kappa shape index (κ2) is 6.13. The minimum Gasteiger partial charge on any atom is -0.441 e. The van der Waals surface area contributed by atoms with Crippen LogP contribution in [-0.4, -0.2) is 17.6 Å². The monoisotopic (exact) mass is 280 g/mol. The van der Waals surface area contributed by atoms with Crippen molar-refractivity contribution in [1.29, 1.82) is 0 Å². The van der Waals surface area contributed by atoms with E-state index in [2.05, 4.69) is 24.1 Å². The number of hydrogen-bond donors (Lipinski definition) is 1. The van der Waals surface area contributed by atoms with Crippen molar-refractivity contribution in [3.63, 3.8) is 0 Å². The van der Waals surface area contributed by atoms with Crippen LogP contribution in [-0.2, 0) is 6.42 Å². The quantitative estimate of drug-likeness (QED) is 0.911. The first-order chi connectivity index (χ1) is 9.47. The standard InChI is InChI=1S/C15H18F2N2O/c1-9(2)18-5-4-15-19-8-14(20-15)11-6-10(3)12(16)7-13(11)17/h6-9,18H,4-5H2,1-3H3. The van der Waals surface area contributed by atoms with Gasteiger partial charge >= 0.3 is 0 Å². The third-order valence-electron chi connectivity index (χ3n) is 2.96. The Labute approximate surface area is 117 Å². The van der Waals surface area contributed by atoms with Crippen molar-refractivity contribution < 1.29 is 13.2 Å². The number of aryl methyl sites for hydroxylation is 1. The van der Waals surface area contributed by atoms with Crippen LogP contribution >= 0.6 is 0 Å². The highest BCUT2D eigenvalue weighted by molar-refractivity contribution is 5.58. The molecular formula is C15H18F2N2O. The van der Waals surface area contributed by atoms with Crippen LogP contribution < -0.4 is 5.32 Å². The molecule has 0 radical (unpaired) electrons. The maximum Gasteiger partial charge on any atom is 0.196 e. The Morgan fingerprint density at radius 1 is 1.25 bits per heavy atom. The summed E-state index contributed by atoms with van der Waals surface area (Å²) in [6, 6.07) is 2.69. The molecule has 5 heteroatoms. The number of aromatic nitrogens is 1. The minimum atomic E-state index is -0.642. The minimum absolute atomic E-state index is 0.236. The average Bonchev–Trinajstić information content (AvgIpc) is 2.82. The van der Waals surface area contributed by atoms with Crippen molar-refractivity contribution in [2.24, 2.45) is 0 Å². The van der Waals surface area contributed by atoms with Gasteiger partial charge < -0.3 is 9.73 Å². The van der Waals surface area contributed by atoms with Crippen LogP contribution in [0.4, 0.5) is 8.78 Å². The first kappa shape index (κ1) is 14.7. The van der Waals surface area contributed by atoms with E-state index in [4.69, 9.17) is 4.42 Å². The smallest absolute Gasteiger partial charge is 0.196 e. The van der Waals surface area contributed by atoms with Gasteiger partial charge in [-0.2, -0.15) is 0 Å². The number of hydrogen-bond acceptors (Lipinski definition) is 3. The Bertz CT molecular complexity index is 594. The maximum absolute atomic E-state index is 13.7. The highest BCUT2D eigenvalue weighted by atomic mass is 19.1. The van der Waals surface area contributed by atoms with Gasteiger partial charge in [-0.25, -0.2) is 13.8 Å². The van der Waals surface area contributed by atoms with Crippen LogP contribution in [0.3, 0.4) is 0 Å². The number of nitrogens with zero attached hydrogens (tertiary/aromatic N) is 1. The molecule has 0 unspecified atom stereocenters. The molecule has 0 atom stereocenters. The van der Waals surface area contributed by atoms with Gasteiger partial charge in [0, 0.05) is 25.1 Å². The van der Waals surface area contributed by atoms with E-state index in [-0.39, 0.29) is 5.56 Å². The number of halogens is 2. The molecule has 20 heavy (non-hydrogen) atoms. The van der Waals surface area contributed by atoms with E-state index in [0.29, 0.717) is 29.7 Å². The number of oxazole rings is 1. The predicted octanol–water partition coefficient (Wildman–Crippen LogP) is 3.47. The van der Waals surface area contributed by atoms with Crippen molar-refractivity contribution in [3.8, 4) is 11.3 Å². The number of nitrogens with one attached hydrogen (secondary N) is 1. The lowest BCUT2D eigenvalue weighted by atomic mass is 10.1. The topological polar surface area (TPSA) is 38.1 Å². The second-order valence-corrected chi connectivity index (χ2v) is 5.06. The van der Waals surface area contributed by atoms with E-state index in [9.17, 15) is 8.78 Å². The Morgan fingerprint density at radius 2 is 2.00 bits per heavy atom. The summed E-state index contributed by atoms with van der Waals surface area (Å²) in [4.78, 5) is 4.12. The van der Waals surface area contributed by atoms with E-state index in [1.165, 1.54) is 12.3 Å². The lowest BCUT2D eigenvalue weighted by Crippen LogP contribution is -2.24. The van der Waals surface area contributed by atoms with E-state index in [1.807, 2.05) is 0 Å². The molecule has 0 amide bonds. The maximum atomic E-state index is 13.7. The zero-order valence-electron chi connectivity index (χ0n) is 11.8. The van der Waals surface area contributed by atoms with Crippen molar-refractivity contribution in [3.05, 3.63) is 41.4 Å². The molecular weight excluding hydrogens is 262 g/mol. The van der Waals surface area contributed by atoms with Crippen molar-refractivity contribution in [1.82, 2.24) is 10.3 Å². The summed E-state index contributed by atoms with van der Waals surface area (Å²) in [7, 11) is 0. The predicted molar refractivity (Wildman–Crippen MR) is 73.4 cm³/mol. The fraction of sp³-hybridized carbons (Fsp3) is 0.400. The third-order valence-corrected chi connectivity index (χ3v) is 2.96. The lowest BCUT2D eigenvalue weighted by Gasteiger charge is -2.05. The molecule has 0 aliphatic rings. The second-order valence-electron chi connectivity index (χ2n) is 5.06. The molecule has 0 spiro atoms. The summed E-state index contributed by atoms with van der Waals surface area (Å²) in [5.41, 5.74) is 0.611. The third kappa shape index (κ3) is 3.42. The van der Waals surface area contributed by atoms with Gasteiger partial charge in [-0.1, -0.05) is 13.8 Å². The summed E-state index contributed by atoms with van der Waals surface area (Å²) in [5, 5.41) is 3.25. The highest BCUT2D eigenvalue weighted by Crippen LogP contribution is 2.26. The van der Waals surface area contributed by atoms with Gasteiger partial charge in [0.25, 0.3) is 0 Å². The molecule has 2 aromatic rings. The fourth-order valence-electron chi connectivity index (χ4n) is 1.86. The Balaban J connectivity index is 2.14.